The molecule has 1 aromatic carbocycles. The second kappa shape index (κ2) is 6.74. The van der Waals surface area contributed by atoms with Crippen molar-refractivity contribution in [2.24, 2.45) is 5.92 Å². The number of fused-ring (bicyclic) bond motifs is 2. The molecular formula is C18H22N4O3. The van der Waals surface area contributed by atoms with Crippen molar-refractivity contribution in [2.45, 2.75) is 38.8 Å². The summed E-state index contributed by atoms with van der Waals surface area (Å²) in [5.41, 5.74) is 1.01. The van der Waals surface area contributed by atoms with Crippen LogP contribution in [0.25, 0.3) is 0 Å². The van der Waals surface area contributed by atoms with Crippen molar-refractivity contribution < 1.29 is 14.3 Å². The molecule has 2 aliphatic heterocycles. The van der Waals surface area contributed by atoms with Gasteiger partial charge in [0, 0.05) is 13.0 Å². The summed E-state index contributed by atoms with van der Waals surface area (Å²) in [6.07, 6.45) is 3.92. The second-order valence-electron chi connectivity index (χ2n) is 6.52. The number of methoxy groups -OCH3 is 1. The first-order valence-corrected chi connectivity index (χ1v) is 8.73. The zero-order valence-corrected chi connectivity index (χ0v) is 14.3. The van der Waals surface area contributed by atoms with Crippen LogP contribution in [0.15, 0.2) is 18.2 Å². The Morgan fingerprint density at radius 1 is 1.40 bits per heavy atom. The van der Waals surface area contributed by atoms with E-state index in [4.69, 9.17) is 9.47 Å². The molecule has 2 aliphatic rings. The predicted octanol–water partition coefficient (Wildman–Crippen LogP) is 1.49. The number of aryl methyl sites for hydroxylation is 1. The number of carbonyl (C=O) groups is 1. The molecular weight excluding hydrogens is 320 g/mol. The van der Waals surface area contributed by atoms with E-state index >= 15 is 0 Å². The molecule has 0 saturated heterocycles. The molecule has 7 heteroatoms. The first-order valence-electron chi connectivity index (χ1n) is 8.73. The van der Waals surface area contributed by atoms with Crippen LogP contribution >= 0.6 is 0 Å². The van der Waals surface area contributed by atoms with Gasteiger partial charge in [-0.1, -0.05) is 12.1 Å². The SMILES string of the molecule is COc1cccc2c1OC[C@@H](C(=O)NCc1nnc3n1CCCC3)C2. The summed E-state index contributed by atoms with van der Waals surface area (Å²) in [6.45, 7) is 1.71. The molecule has 0 aliphatic carbocycles. The molecule has 132 valence electrons. The molecule has 0 saturated carbocycles. The lowest BCUT2D eigenvalue weighted by atomic mass is 9.95. The summed E-state index contributed by atoms with van der Waals surface area (Å²) in [5.74, 6) is 3.11. The quantitative estimate of drug-likeness (QED) is 0.911. The first-order chi connectivity index (χ1) is 12.3. The standard InChI is InChI=1S/C18H22N4O3/c1-24-14-6-4-5-12-9-13(11-25-17(12)14)18(23)19-10-16-21-20-15-7-2-3-8-22(15)16/h4-6,13H,2-3,7-11H2,1H3,(H,19,23)/t13-/m0/s1. The lowest BCUT2D eigenvalue weighted by Crippen LogP contribution is -2.37. The smallest absolute Gasteiger partial charge is 0.227 e. The zero-order chi connectivity index (χ0) is 17.2. The molecule has 1 atom stereocenters. The Labute approximate surface area is 146 Å². The van der Waals surface area contributed by atoms with Gasteiger partial charge in [0.1, 0.15) is 12.4 Å². The van der Waals surface area contributed by atoms with Gasteiger partial charge in [-0.05, 0) is 30.9 Å². The molecule has 1 aromatic heterocycles. The van der Waals surface area contributed by atoms with Crippen LogP contribution in [-0.4, -0.2) is 34.4 Å². The molecule has 0 unspecified atom stereocenters. The van der Waals surface area contributed by atoms with Crippen molar-refractivity contribution in [3.8, 4) is 11.5 Å². The lowest BCUT2D eigenvalue weighted by Gasteiger charge is -2.25. The van der Waals surface area contributed by atoms with Crippen molar-refractivity contribution in [2.75, 3.05) is 13.7 Å². The van der Waals surface area contributed by atoms with Gasteiger partial charge < -0.3 is 19.4 Å². The van der Waals surface area contributed by atoms with E-state index < -0.39 is 0 Å². The lowest BCUT2D eigenvalue weighted by molar-refractivity contribution is -0.126. The highest BCUT2D eigenvalue weighted by molar-refractivity contribution is 5.79. The highest BCUT2D eigenvalue weighted by Gasteiger charge is 2.28. The number of nitrogens with one attached hydrogen (secondary N) is 1. The minimum Gasteiger partial charge on any atom is -0.493 e. The van der Waals surface area contributed by atoms with Crippen LogP contribution in [0.5, 0.6) is 11.5 Å². The Bertz CT molecular complexity index is 787. The molecule has 4 rings (SSSR count). The normalized spacial score (nSPS) is 18.7. The second-order valence-corrected chi connectivity index (χ2v) is 6.52. The molecule has 0 fully saturated rings. The average molecular weight is 342 g/mol. The van der Waals surface area contributed by atoms with Gasteiger partial charge in [0.25, 0.3) is 0 Å². The number of nitrogens with zero attached hydrogens (tertiary/aromatic N) is 3. The third-order valence-electron chi connectivity index (χ3n) is 4.90. The fourth-order valence-corrected chi connectivity index (χ4v) is 3.53. The average Bonchev–Trinajstić information content (AvgIpc) is 3.08. The molecule has 1 amide bonds. The maximum absolute atomic E-state index is 12.5. The third kappa shape index (κ3) is 3.06. The van der Waals surface area contributed by atoms with E-state index in [9.17, 15) is 4.79 Å². The number of hydrogen-bond donors (Lipinski definition) is 1. The van der Waals surface area contributed by atoms with Gasteiger partial charge >= 0.3 is 0 Å². The van der Waals surface area contributed by atoms with Crippen molar-refractivity contribution >= 4 is 5.91 Å². The van der Waals surface area contributed by atoms with E-state index in [1.165, 1.54) is 0 Å². The van der Waals surface area contributed by atoms with Crippen molar-refractivity contribution in [3.05, 3.63) is 35.4 Å². The highest BCUT2D eigenvalue weighted by atomic mass is 16.5. The van der Waals surface area contributed by atoms with E-state index in [2.05, 4.69) is 20.1 Å². The third-order valence-corrected chi connectivity index (χ3v) is 4.90. The van der Waals surface area contributed by atoms with Crippen molar-refractivity contribution in [3.63, 3.8) is 0 Å². The summed E-state index contributed by atoms with van der Waals surface area (Å²) in [6, 6.07) is 5.77. The van der Waals surface area contributed by atoms with E-state index in [1.54, 1.807) is 7.11 Å². The van der Waals surface area contributed by atoms with Crippen molar-refractivity contribution in [1.29, 1.82) is 0 Å². The van der Waals surface area contributed by atoms with E-state index in [1.807, 2.05) is 18.2 Å². The maximum Gasteiger partial charge on any atom is 0.227 e. The predicted molar refractivity (Wildman–Crippen MR) is 90.5 cm³/mol. The summed E-state index contributed by atoms with van der Waals surface area (Å²) < 4.78 is 13.2. The number of rotatable bonds is 4. The van der Waals surface area contributed by atoms with Gasteiger partial charge in [-0.15, -0.1) is 10.2 Å². The molecule has 25 heavy (non-hydrogen) atoms. The van der Waals surface area contributed by atoms with Crippen molar-refractivity contribution in [1.82, 2.24) is 20.1 Å². The number of ether oxygens (including phenoxy) is 2. The molecule has 7 nitrogen and oxygen atoms in total. The molecule has 0 spiro atoms. The van der Waals surface area contributed by atoms with Crippen LogP contribution in [0, 0.1) is 5.92 Å². The number of amides is 1. The van der Waals surface area contributed by atoms with Gasteiger partial charge in [-0.25, -0.2) is 0 Å². The van der Waals surface area contributed by atoms with Crippen LogP contribution < -0.4 is 14.8 Å². The number of benzene rings is 1. The van der Waals surface area contributed by atoms with Crippen LogP contribution in [0.3, 0.4) is 0 Å². The maximum atomic E-state index is 12.5. The number of carbonyl (C=O) groups excluding carboxylic acids is 1. The fourth-order valence-electron chi connectivity index (χ4n) is 3.53. The summed E-state index contributed by atoms with van der Waals surface area (Å²) in [7, 11) is 1.62. The highest BCUT2D eigenvalue weighted by Crippen LogP contribution is 2.36. The summed E-state index contributed by atoms with van der Waals surface area (Å²) >= 11 is 0. The minimum atomic E-state index is -0.205. The molecule has 0 bridgehead atoms. The van der Waals surface area contributed by atoms with Gasteiger partial charge in [0.15, 0.2) is 17.3 Å². The van der Waals surface area contributed by atoms with Crippen LogP contribution in [0.4, 0.5) is 0 Å². The van der Waals surface area contributed by atoms with E-state index in [0.717, 1.165) is 48.8 Å². The largest absolute Gasteiger partial charge is 0.493 e. The van der Waals surface area contributed by atoms with Gasteiger partial charge in [-0.2, -0.15) is 0 Å². The molecule has 1 N–H and O–H groups in total. The summed E-state index contributed by atoms with van der Waals surface area (Å²) in [5, 5.41) is 11.4. The minimum absolute atomic E-state index is 0.0124. The molecule has 2 aromatic rings. The topological polar surface area (TPSA) is 78.3 Å². The van der Waals surface area contributed by atoms with E-state index in [-0.39, 0.29) is 11.8 Å². The van der Waals surface area contributed by atoms with E-state index in [0.29, 0.717) is 25.3 Å². The van der Waals surface area contributed by atoms with Gasteiger partial charge in [0.2, 0.25) is 5.91 Å². The number of para-hydroxylation sites is 1. The Morgan fingerprint density at radius 2 is 2.32 bits per heavy atom. The number of hydrogen-bond acceptors (Lipinski definition) is 5. The van der Waals surface area contributed by atoms with Crippen LogP contribution in [0.2, 0.25) is 0 Å². The molecule has 3 heterocycles. The van der Waals surface area contributed by atoms with Gasteiger partial charge in [0.05, 0.1) is 19.6 Å². The van der Waals surface area contributed by atoms with Crippen LogP contribution in [0.1, 0.15) is 30.1 Å². The number of aromatic nitrogens is 3. The monoisotopic (exact) mass is 342 g/mol. The zero-order valence-electron chi connectivity index (χ0n) is 14.3. The van der Waals surface area contributed by atoms with Gasteiger partial charge in [-0.3, -0.25) is 4.79 Å². The Morgan fingerprint density at radius 3 is 3.20 bits per heavy atom. The molecule has 0 radical (unpaired) electrons. The Hall–Kier alpha value is -2.57. The Kier molecular flexibility index (Phi) is 4.29. The first kappa shape index (κ1) is 15.9. The fraction of sp³-hybridized carbons (Fsp3) is 0.500. The van der Waals surface area contributed by atoms with Crippen LogP contribution in [-0.2, 0) is 30.7 Å². The Balaban J connectivity index is 1.40. The summed E-state index contributed by atoms with van der Waals surface area (Å²) in [4.78, 5) is 12.5.